The summed E-state index contributed by atoms with van der Waals surface area (Å²) in [5.41, 5.74) is 3.82. The van der Waals surface area contributed by atoms with E-state index < -0.39 is 0 Å². The summed E-state index contributed by atoms with van der Waals surface area (Å²) < 4.78 is 6.55. The maximum Gasteiger partial charge on any atom is 0.250 e. The number of halogens is 1. The molecule has 0 spiro atoms. The van der Waals surface area contributed by atoms with Crippen molar-refractivity contribution in [3.63, 3.8) is 0 Å². The van der Waals surface area contributed by atoms with Gasteiger partial charge in [-0.05, 0) is 64.8 Å². The maximum atomic E-state index is 11.9. The van der Waals surface area contributed by atoms with Gasteiger partial charge in [0.2, 0.25) is 0 Å². The highest BCUT2D eigenvalue weighted by molar-refractivity contribution is 9.10. The van der Waals surface area contributed by atoms with Crippen molar-refractivity contribution in [3.05, 3.63) is 81.4 Å². The van der Waals surface area contributed by atoms with Crippen LogP contribution in [0.4, 0.5) is 0 Å². The third-order valence-corrected chi connectivity index (χ3v) is 5.32. The van der Waals surface area contributed by atoms with Gasteiger partial charge in [0.1, 0.15) is 17.1 Å². The lowest BCUT2D eigenvalue weighted by atomic mass is 9.99. The van der Waals surface area contributed by atoms with E-state index in [1.54, 1.807) is 6.20 Å². The van der Waals surface area contributed by atoms with Gasteiger partial charge in [-0.1, -0.05) is 12.1 Å². The standard InChI is InChI=1S/C22H14BrN3O2/c1-12-4-7-19(28-12)21-15(10-16-17(23)11-20(27)25-22(16)26-21)13-5-6-18-14(9-13)3-2-8-24-18/h2-11H,1H3,(H,25,26,27). The van der Waals surface area contributed by atoms with E-state index in [1.165, 1.54) is 6.07 Å². The summed E-state index contributed by atoms with van der Waals surface area (Å²) in [5.74, 6) is 1.45. The number of hydrogen-bond donors (Lipinski definition) is 1. The molecule has 1 aromatic carbocycles. The van der Waals surface area contributed by atoms with Gasteiger partial charge in [0.25, 0.3) is 5.56 Å². The first kappa shape index (κ1) is 16.9. The van der Waals surface area contributed by atoms with Crippen molar-refractivity contribution in [1.29, 1.82) is 0 Å². The number of fused-ring (bicyclic) bond motifs is 2. The summed E-state index contributed by atoms with van der Waals surface area (Å²) in [6.45, 7) is 1.89. The van der Waals surface area contributed by atoms with E-state index in [0.29, 0.717) is 21.6 Å². The van der Waals surface area contributed by atoms with Gasteiger partial charge in [0.15, 0.2) is 5.76 Å². The molecule has 28 heavy (non-hydrogen) atoms. The Hall–Kier alpha value is -3.25. The number of benzene rings is 1. The summed E-state index contributed by atoms with van der Waals surface area (Å²) in [4.78, 5) is 23.8. The average Bonchev–Trinajstić information content (AvgIpc) is 3.13. The minimum atomic E-state index is -0.210. The molecule has 0 saturated carbocycles. The molecule has 5 aromatic rings. The van der Waals surface area contributed by atoms with E-state index in [-0.39, 0.29) is 5.56 Å². The number of rotatable bonds is 2. The van der Waals surface area contributed by atoms with Crippen LogP contribution in [0.5, 0.6) is 0 Å². The van der Waals surface area contributed by atoms with E-state index in [0.717, 1.165) is 33.2 Å². The van der Waals surface area contributed by atoms with E-state index in [1.807, 2.05) is 49.4 Å². The van der Waals surface area contributed by atoms with Crippen molar-refractivity contribution in [3.8, 4) is 22.6 Å². The molecule has 0 aliphatic carbocycles. The maximum absolute atomic E-state index is 11.9. The van der Waals surface area contributed by atoms with Crippen LogP contribution in [-0.2, 0) is 0 Å². The smallest absolute Gasteiger partial charge is 0.250 e. The average molecular weight is 432 g/mol. The van der Waals surface area contributed by atoms with Gasteiger partial charge in [0, 0.05) is 33.1 Å². The first-order valence-corrected chi connectivity index (χ1v) is 9.53. The molecule has 0 aliphatic heterocycles. The molecule has 6 heteroatoms. The molecule has 1 N–H and O–H groups in total. The first-order valence-electron chi connectivity index (χ1n) is 8.74. The zero-order valence-corrected chi connectivity index (χ0v) is 16.4. The highest BCUT2D eigenvalue weighted by Gasteiger charge is 2.16. The number of aryl methyl sites for hydroxylation is 1. The minimum absolute atomic E-state index is 0.210. The van der Waals surface area contributed by atoms with Crippen molar-refractivity contribution in [2.75, 3.05) is 0 Å². The topological polar surface area (TPSA) is 71.8 Å². The molecule has 4 aromatic heterocycles. The van der Waals surface area contributed by atoms with E-state index >= 15 is 0 Å². The fourth-order valence-electron chi connectivity index (χ4n) is 3.35. The molecule has 0 saturated heterocycles. The molecule has 136 valence electrons. The second kappa shape index (κ2) is 6.42. The molecule has 0 aliphatic rings. The van der Waals surface area contributed by atoms with E-state index in [4.69, 9.17) is 9.40 Å². The van der Waals surface area contributed by atoms with Crippen molar-refractivity contribution in [2.24, 2.45) is 0 Å². The Kier molecular flexibility index (Phi) is 3.87. The van der Waals surface area contributed by atoms with Gasteiger partial charge in [-0.3, -0.25) is 9.78 Å². The molecule has 0 atom stereocenters. The van der Waals surface area contributed by atoms with Crippen LogP contribution >= 0.6 is 15.9 Å². The second-order valence-electron chi connectivity index (χ2n) is 6.58. The number of nitrogens with zero attached hydrogens (tertiary/aromatic N) is 2. The number of H-pyrrole nitrogens is 1. The van der Waals surface area contributed by atoms with Gasteiger partial charge < -0.3 is 9.40 Å². The van der Waals surface area contributed by atoms with Crippen LogP contribution in [0.3, 0.4) is 0 Å². The van der Waals surface area contributed by atoms with Crippen LogP contribution < -0.4 is 5.56 Å². The van der Waals surface area contributed by atoms with Gasteiger partial charge in [-0.15, -0.1) is 0 Å². The molecule has 0 fully saturated rings. The van der Waals surface area contributed by atoms with Crippen LogP contribution in [0.1, 0.15) is 5.76 Å². The predicted molar refractivity (Wildman–Crippen MR) is 113 cm³/mol. The lowest BCUT2D eigenvalue weighted by molar-refractivity contribution is 0.547. The van der Waals surface area contributed by atoms with Crippen LogP contribution in [0, 0.1) is 6.92 Å². The molecular weight excluding hydrogens is 418 g/mol. The molecule has 4 heterocycles. The summed E-state index contributed by atoms with van der Waals surface area (Å²) in [6.07, 6.45) is 1.78. The molecule has 5 nitrogen and oxygen atoms in total. The van der Waals surface area contributed by atoms with Gasteiger partial charge in [-0.2, -0.15) is 0 Å². The van der Waals surface area contributed by atoms with Gasteiger partial charge in [-0.25, -0.2) is 4.98 Å². The Labute approximate surface area is 168 Å². The van der Waals surface area contributed by atoms with Gasteiger partial charge in [0.05, 0.1) is 5.52 Å². The quantitative estimate of drug-likeness (QED) is 0.402. The molecule has 5 rings (SSSR count). The SMILES string of the molecule is Cc1ccc(-c2nc3[nH]c(=O)cc(Br)c3cc2-c2ccc3ncccc3c2)o1. The molecule has 0 amide bonds. The zero-order chi connectivity index (χ0) is 19.3. The number of aromatic nitrogens is 3. The van der Waals surface area contributed by atoms with Gasteiger partial charge >= 0.3 is 0 Å². The third kappa shape index (κ3) is 2.82. The Morgan fingerprint density at radius 1 is 1.07 bits per heavy atom. The van der Waals surface area contributed by atoms with Crippen LogP contribution in [-0.4, -0.2) is 15.0 Å². The molecule has 0 radical (unpaired) electrons. The van der Waals surface area contributed by atoms with Crippen LogP contribution in [0.25, 0.3) is 44.5 Å². The van der Waals surface area contributed by atoms with Crippen molar-refractivity contribution >= 4 is 37.9 Å². The summed E-state index contributed by atoms with van der Waals surface area (Å²) in [7, 11) is 0. The largest absolute Gasteiger partial charge is 0.460 e. The third-order valence-electron chi connectivity index (χ3n) is 4.67. The van der Waals surface area contributed by atoms with E-state index in [9.17, 15) is 4.79 Å². The van der Waals surface area contributed by atoms with Crippen LogP contribution in [0.15, 0.2) is 74.5 Å². The second-order valence-corrected chi connectivity index (χ2v) is 7.44. The Bertz CT molecular complexity index is 1420. The summed E-state index contributed by atoms with van der Waals surface area (Å²) in [6, 6.07) is 17.4. The highest BCUT2D eigenvalue weighted by Crippen LogP contribution is 2.36. The first-order chi connectivity index (χ1) is 13.6. The number of pyridine rings is 3. The molecular formula is C22H14BrN3O2. The monoisotopic (exact) mass is 431 g/mol. The number of hydrogen-bond acceptors (Lipinski definition) is 4. The Morgan fingerprint density at radius 3 is 2.79 bits per heavy atom. The molecule has 0 bridgehead atoms. The van der Waals surface area contributed by atoms with Crippen molar-refractivity contribution in [2.45, 2.75) is 6.92 Å². The molecule has 0 unspecified atom stereocenters. The lowest BCUT2D eigenvalue weighted by Gasteiger charge is -2.11. The fraction of sp³-hybridized carbons (Fsp3) is 0.0455. The summed E-state index contributed by atoms with van der Waals surface area (Å²) >= 11 is 3.49. The van der Waals surface area contributed by atoms with Crippen molar-refractivity contribution in [1.82, 2.24) is 15.0 Å². The Morgan fingerprint density at radius 2 is 1.96 bits per heavy atom. The van der Waals surface area contributed by atoms with Crippen molar-refractivity contribution < 1.29 is 4.42 Å². The minimum Gasteiger partial charge on any atom is -0.460 e. The summed E-state index contributed by atoms with van der Waals surface area (Å²) in [5, 5.41) is 1.87. The van der Waals surface area contributed by atoms with Crippen LogP contribution in [0.2, 0.25) is 0 Å². The number of furan rings is 1. The fourth-order valence-corrected chi connectivity index (χ4v) is 3.86. The predicted octanol–water partition coefficient (Wildman–Crippen LogP) is 5.47. The normalized spacial score (nSPS) is 11.4. The Balaban J connectivity index is 1.85. The lowest BCUT2D eigenvalue weighted by Crippen LogP contribution is -2.05. The highest BCUT2D eigenvalue weighted by atomic mass is 79.9. The number of nitrogens with one attached hydrogen (secondary N) is 1. The zero-order valence-electron chi connectivity index (χ0n) is 14.9. The van der Waals surface area contributed by atoms with E-state index in [2.05, 4.69) is 32.0 Å². The number of aromatic amines is 1.